The third-order valence-electron chi connectivity index (χ3n) is 5.64. The molecule has 9 nitrogen and oxygen atoms in total. The number of nitrogens with zero attached hydrogens (tertiary/aromatic N) is 2. The zero-order valence-corrected chi connectivity index (χ0v) is 16.6. The molecular formula is C19H27N3O6. The number of hydrogen-bond acceptors (Lipinski definition) is 6. The maximum atomic E-state index is 13.0. The standard InChI is InChI=1S/C19H27N3O6/c1-12-7-18(2,3)11-19(8-12)16(26)22(17(27)20-19)9-15(25)28-10-14(24)21-6-4-5-13(21)23/h12H,4-11H2,1-3H3,(H,20,27)/t12-,19+/m0/s1. The van der Waals surface area contributed by atoms with Crippen LogP contribution in [0.15, 0.2) is 0 Å². The lowest BCUT2D eigenvalue weighted by atomic mass is 9.64. The van der Waals surface area contributed by atoms with Gasteiger partial charge in [-0.05, 0) is 37.0 Å². The molecule has 2 aliphatic heterocycles. The van der Waals surface area contributed by atoms with Crippen molar-refractivity contribution in [2.75, 3.05) is 19.7 Å². The molecule has 0 radical (unpaired) electrons. The summed E-state index contributed by atoms with van der Waals surface area (Å²) < 4.78 is 4.90. The largest absolute Gasteiger partial charge is 0.454 e. The number of esters is 1. The average Bonchev–Trinajstić information content (AvgIpc) is 3.08. The predicted octanol–water partition coefficient (Wildman–Crippen LogP) is 0.815. The van der Waals surface area contributed by atoms with E-state index in [0.29, 0.717) is 32.2 Å². The van der Waals surface area contributed by atoms with E-state index in [-0.39, 0.29) is 17.2 Å². The molecular weight excluding hydrogens is 366 g/mol. The normalized spacial score (nSPS) is 29.4. The maximum absolute atomic E-state index is 13.0. The van der Waals surface area contributed by atoms with E-state index in [0.717, 1.165) is 16.2 Å². The summed E-state index contributed by atoms with van der Waals surface area (Å²) in [5, 5.41) is 2.79. The Morgan fingerprint density at radius 3 is 2.54 bits per heavy atom. The average molecular weight is 393 g/mol. The molecule has 0 aromatic heterocycles. The van der Waals surface area contributed by atoms with Crippen LogP contribution in [0, 0.1) is 11.3 Å². The maximum Gasteiger partial charge on any atom is 0.326 e. The molecule has 0 bridgehead atoms. The molecule has 3 rings (SSSR count). The summed E-state index contributed by atoms with van der Waals surface area (Å²) in [5.41, 5.74) is -1.10. The van der Waals surface area contributed by atoms with Crippen LogP contribution in [0.25, 0.3) is 0 Å². The van der Waals surface area contributed by atoms with Gasteiger partial charge in [-0.3, -0.25) is 29.0 Å². The minimum absolute atomic E-state index is 0.105. The van der Waals surface area contributed by atoms with Gasteiger partial charge in [-0.2, -0.15) is 0 Å². The second-order valence-electron chi connectivity index (χ2n) is 8.96. The molecule has 28 heavy (non-hydrogen) atoms. The second kappa shape index (κ2) is 7.18. The Kier molecular flexibility index (Phi) is 5.20. The van der Waals surface area contributed by atoms with Gasteiger partial charge in [0.05, 0.1) is 0 Å². The van der Waals surface area contributed by atoms with Gasteiger partial charge < -0.3 is 10.1 Å². The summed E-state index contributed by atoms with van der Waals surface area (Å²) in [5.74, 6) is -1.90. The molecule has 154 valence electrons. The van der Waals surface area contributed by atoms with Crippen LogP contribution in [0.2, 0.25) is 0 Å². The van der Waals surface area contributed by atoms with Crippen LogP contribution >= 0.6 is 0 Å². The van der Waals surface area contributed by atoms with Crippen molar-refractivity contribution in [2.24, 2.45) is 11.3 Å². The minimum Gasteiger partial charge on any atom is -0.454 e. The van der Waals surface area contributed by atoms with Gasteiger partial charge in [0.2, 0.25) is 5.91 Å². The van der Waals surface area contributed by atoms with Crippen molar-refractivity contribution >= 4 is 29.7 Å². The number of carbonyl (C=O) groups excluding carboxylic acids is 5. The van der Waals surface area contributed by atoms with Crippen molar-refractivity contribution in [2.45, 2.75) is 58.4 Å². The molecule has 2 heterocycles. The smallest absolute Gasteiger partial charge is 0.326 e. The van der Waals surface area contributed by atoms with Crippen molar-refractivity contribution in [3.63, 3.8) is 0 Å². The van der Waals surface area contributed by atoms with Gasteiger partial charge >= 0.3 is 12.0 Å². The fourth-order valence-electron chi connectivity index (χ4n) is 4.96. The summed E-state index contributed by atoms with van der Waals surface area (Å²) in [6.45, 7) is 5.35. The second-order valence-corrected chi connectivity index (χ2v) is 8.96. The van der Waals surface area contributed by atoms with Gasteiger partial charge in [-0.1, -0.05) is 20.8 Å². The van der Waals surface area contributed by atoms with Gasteiger partial charge in [0, 0.05) is 13.0 Å². The highest BCUT2D eigenvalue weighted by atomic mass is 16.5. The Balaban J connectivity index is 1.59. The molecule has 0 unspecified atom stereocenters. The molecule has 0 aromatic rings. The molecule has 2 saturated heterocycles. The van der Waals surface area contributed by atoms with Crippen LogP contribution in [-0.2, 0) is 23.9 Å². The van der Waals surface area contributed by atoms with E-state index in [9.17, 15) is 24.0 Å². The number of rotatable bonds is 4. The van der Waals surface area contributed by atoms with E-state index in [2.05, 4.69) is 19.2 Å². The fourth-order valence-corrected chi connectivity index (χ4v) is 4.96. The summed E-state index contributed by atoms with van der Waals surface area (Å²) in [6.07, 6.45) is 2.90. The number of nitrogens with one attached hydrogen (secondary N) is 1. The van der Waals surface area contributed by atoms with Crippen molar-refractivity contribution in [3.05, 3.63) is 0 Å². The summed E-state index contributed by atoms with van der Waals surface area (Å²) >= 11 is 0. The van der Waals surface area contributed by atoms with Gasteiger partial charge in [-0.15, -0.1) is 0 Å². The molecule has 3 aliphatic rings. The molecule has 1 saturated carbocycles. The van der Waals surface area contributed by atoms with Crippen LogP contribution in [0.5, 0.6) is 0 Å². The first-order valence-electron chi connectivity index (χ1n) is 9.66. The van der Waals surface area contributed by atoms with Crippen LogP contribution < -0.4 is 5.32 Å². The fraction of sp³-hybridized carbons (Fsp3) is 0.737. The first-order valence-corrected chi connectivity index (χ1v) is 9.66. The summed E-state index contributed by atoms with van der Waals surface area (Å²) in [7, 11) is 0. The number of imide groups is 2. The number of ether oxygens (including phenoxy) is 1. The van der Waals surface area contributed by atoms with E-state index in [1.54, 1.807) is 0 Å². The summed E-state index contributed by atoms with van der Waals surface area (Å²) in [6, 6.07) is -0.618. The minimum atomic E-state index is -0.990. The highest BCUT2D eigenvalue weighted by Gasteiger charge is 2.56. The Hall–Kier alpha value is -2.45. The first kappa shape index (κ1) is 20.3. The molecule has 1 spiro atoms. The topological polar surface area (TPSA) is 113 Å². The van der Waals surface area contributed by atoms with Crippen molar-refractivity contribution in [1.82, 2.24) is 15.1 Å². The Morgan fingerprint density at radius 1 is 1.21 bits per heavy atom. The lowest BCUT2D eigenvalue weighted by Gasteiger charge is -2.43. The monoisotopic (exact) mass is 393 g/mol. The molecule has 1 N–H and O–H groups in total. The van der Waals surface area contributed by atoms with Crippen molar-refractivity contribution in [1.29, 1.82) is 0 Å². The van der Waals surface area contributed by atoms with Crippen LogP contribution in [0.4, 0.5) is 4.79 Å². The molecule has 5 amide bonds. The molecule has 0 aromatic carbocycles. The van der Waals surface area contributed by atoms with E-state index < -0.39 is 42.5 Å². The van der Waals surface area contributed by atoms with E-state index >= 15 is 0 Å². The van der Waals surface area contributed by atoms with Gasteiger partial charge in [0.15, 0.2) is 6.61 Å². The SMILES string of the molecule is C[C@H]1CC(C)(C)C[C@@]2(C1)NC(=O)N(CC(=O)OCC(=O)N1CCCC1=O)C2=O. The van der Waals surface area contributed by atoms with E-state index in [1.165, 1.54) is 0 Å². The lowest BCUT2D eigenvalue weighted by molar-refractivity contribution is -0.156. The Morgan fingerprint density at radius 2 is 1.93 bits per heavy atom. The quantitative estimate of drug-likeness (QED) is 0.559. The molecule has 2 atom stereocenters. The zero-order chi connectivity index (χ0) is 20.7. The molecule has 9 heteroatoms. The van der Waals surface area contributed by atoms with Gasteiger partial charge in [0.1, 0.15) is 12.1 Å². The van der Waals surface area contributed by atoms with E-state index in [4.69, 9.17) is 4.74 Å². The van der Waals surface area contributed by atoms with Crippen LogP contribution in [-0.4, -0.2) is 64.8 Å². The number of carbonyl (C=O) groups is 5. The number of amides is 5. The summed E-state index contributed by atoms with van der Waals surface area (Å²) in [4.78, 5) is 62.8. The Labute approximate surface area is 163 Å². The lowest BCUT2D eigenvalue weighted by Crippen LogP contribution is -2.54. The highest BCUT2D eigenvalue weighted by Crippen LogP contribution is 2.46. The van der Waals surface area contributed by atoms with E-state index in [1.807, 2.05) is 6.92 Å². The van der Waals surface area contributed by atoms with Crippen LogP contribution in [0.3, 0.4) is 0 Å². The molecule has 1 aliphatic carbocycles. The van der Waals surface area contributed by atoms with Gasteiger partial charge in [-0.25, -0.2) is 4.79 Å². The predicted molar refractivity (Wildman–Crippen MR) is 96.7 cm³/mol. The van der Waals surface area contributed by atoms with Crippen molar-refractivity contribution in [3.8, 4) is 0 Å². The number of urea groups is 1. The number of hydrogen-bond donors (Lipinski definition) is 1. The van der Waals surface area contributed by atoms with Crippen molar-refractivity contribution < 1.29 is 28.7 Å². The molecule has 3 fully saturated rings. The third-order valence-corrected chi connectivity index (χ3v) is 5.64. The highest BCUT2D eigenvalue weighted by molar-refractivity contribution is 6.09. The van der Waals surface area contributed by atoms with Gasteiger partial charge in [0.25, 0.3) is 11.8 Å². The number of likely N-dealkylation sites (tertiary alicyclic amines) is 1. The third kappa shape index (κ3) is 3.88. The van der Waals surface area contributed by atoms with Crippen LogP contribution in [0.1, 0.15) is 52.9 Å². The first-order chi connectivity index (χ1) is 13.0. The zero-order valence-electron chi connectivity index (χ0n) is 16.6. The Bertz CT molecular complexity index is 733.